The first-order chi connectivity index (χ1) is 8.56. The maximum atomic E-state index is 5.90. The minimum absolute atomic E-state index is 0.407. The Hall–Kier alpha value is -1.91. The first-order valence-electron chi connectivity index (χ1n) is 6.23. The monoisotopic (exact) mass is 248 g/mol. The molecule has 0 bridgehead atoms. The Morgan fingerprint density at radius 3 is 2.61 bits per heavy atom. The van der Waals surface area contributed by atoms with Gasteiger partial charge in [-0.1, -0.05) is 0 Å². The van der Waals surface area contributed by atoms with Gasteiger partial charge in [0.25, 0.3) is 0 Å². The van der Waals surface area contributed by atoms with Crippen LogP contribution < -0.4 is 21.7 Å². The topological polar surface area (TPSA) is 70.3 Å². The first kappa shape index (κ1) is 12.5. The van der Waals surface area contributed by atoms with E-state index in [4.69, 9.17) is 11.5 Å². The Balaban J connectivity index is 1.96. The third kappa shape index (κ3) is 2.85. The van der Waals surface area contributed by atoms with E-state index in [1.807, 2.05) is 30.8 Å². The van der Waals surface area contributed by atoms with Gasteiger partial charge in [-0.05, 0) is 24.3 Å². The SMILES string of the molecule is C[N+](C)=C(N)NC1CCN(c2ccc(N)cc2)C1. The largest absolute Gasteiger partial charge is 0.399 e. The molecule has 0 saturated carbocycles. The number of hydrogen-bond acceptors (Lipinski definition) is 2. The number of nitrogen functional groups attached to an aromatic ring is 1. The van der Waals surface area contributed by atoms with Crippen molar-refractivity contribution in [1.82, 2.24) is 5.32 Å². The smallest absolute Gasteiger partial charge is 0.343 e. The van der Waals surface area contributed by atoms with E-state index in [1.165, 1.54) is 5.69 Å². The van der Waals surface area contributed by atoms with Gasteiger partial charge in [-0.25, -0.2) is 0 Å². The lowest BCUT2D eigenvalue weighted by Gasteiger charge is -2.18. The standard InChI is InChI=1S/C13H21N5/c1-17(2)13(15)16-11-7-8-18(9-11)12-5-3-10(14)4-6-12/h3-6,11H,7-9,14H2,1-2H3,(H2,15,16)/p+1. The summed E-state index contributed by atoms with van der Waals surface area (Å²) in [5, 5.41) is 3.34. The van der Waals surface area contributed by atoms with Gasteiger partial charge >= 0.3 is 5.96 Å². The van der Waals surface area contributed by atoms with Gasteiger partial charge in [-0.3, -0.25) is 15.6 Å². The molecule has 1 unspecified atom stereocenters. The molecule has 0 amide bonds. The second-order valence-electron chi connectivity index (χ2n) is 4.95. The van der Waals surface area contributed by atoms with Crippen molar-refractivity contribution in [2.75, 3.05) is 37.8 Å². The molecule has 1 fully saturated rings. The number of hydrogen-bond donors (Lipinski definition) is 3. The molecule has 0 radical (unpaired) electrons. The van der Waals surface area contributed by atoms with Gasteiger partial charge in [-0.2, -0.15) is 0 Å². The quantitative estimate of drug-likeness (QED) is 0.299. The van der Waals surface area contributed by atoms with Gasteiger partial charge < -0.3 is 10.6 Å². The summed E-state index contributed by atoms with van der Waals surface area (Å²) in [6, 6.07) is 8.42. The molecule has 1 aliphatic heterocycles. The molecule has 1 aliphatic rings. The highest BCUT2D eigenvalue weighted by Gasteiger charge is 2.25. The van der Waals surface area contributed by atoms with Crippen LogP contribution in [0.2, 0.25) is 0 Å². The lowest BCUT2D eigenvalue weighted by Crippen LogP contribution is -2.45. The summed E-state index contributed by atoms with van der Waals surface area (Å²) in [5.74, 6) is 0.721. The third-order valence-electron chi connectivity index (χ3n) is 3.28. The van der Waals surface area contributed by atoms with Crippen molar-refractivity contribution < 1.29 is 4.58 Å². The summed E-state index contributed by atoms with van der Waals surface area (Å²) in [5.41, 5.74) is 13.6. The van der Waals surface area contributed by atoms with Gasteiger partial charge in [0.2, 0.25) is 0 Å². The van der Waals surface area contributed by atoms with Crippen LogP contribution in [0.3, 0.4) is 0 Å². The van der Waals surface area contributed by atoms with E-state index in [0.717, 1.165) is 31.2 Å². The molecule has 1 aromatic rings. The summed E-state index contributed by atoms with van der Waals surface area (Å²) in [4.78, 5) is 2.35. The van der Waals surface area contributed by atoms with E-state index in [-0.39, 0.29) is 0 Å². The number of benzene rings is 1. The lowest BCUT2D eigenvalue weighted by atomic mass is 10.2. The van der Waals surface area contributed by atoms with E-state index in [0.29, 0.717) is 6.04 Å². The highest BCUT2D eigenvalue weighted by molar-refractivity contribution is 5.73. The molecule has 98 valence electrons. The zero-order valence-corrected chi connectivity index (χ0v) is 11.1. The zero-order valence-electron chi connectivity index (χ0n) is 11.1. The van der Waals surface area contributed by atoms with Gasteiger partial charge in [-0.15, -0.1) is 0 Å². The molecule has 0 aliphatic carbocycles. The van der Waals surface area contributed by atoms with Gasteiger partial charge in [0.05, 0.1) is 26.7 Å². The van der Waals surface area contributed by atoms with Gasteiger partial charge in [0, 0.05) is 24.3 Å². The molecule has 5 nitrogen and oxygen atoms in total. The Morgan fingerprint density at radius 2 is 2.00 bits per heavy atom. The van der Waals surface area contributed by atoms with Gasteiger partial charge in [0.1, 0.15) is 0 Å². The molecular formula is C13H22N5+. The normalized spacial score (nSPS) is 18.8. The fourth-order valence-corrected chi connectivity index (χ4v) is 2.14. The van der Waals surface area contributed by atoms with Crippen molar-refractivity contribution in [1.29, 1.82) is 0 Å². The number of rotatable bonds is 2. The van der Waals surface area contributed by atoms with Crippen LogP contribution in [0.25, 0.3) is 0 Å². The van der Waals surface area contributed by atoms with Crippen LogP contribution in [0, 0.1) is 0 Å². The fraction of sp³-hybridized carbons (Fsp3) is 0.462. The van der Waals surface area contributed by atoms with Crippen LogP contribution in [-0.2, 0) is 0 Å². The first-order valence-corrected chi connectivity index (χ1v) is 6.23. The van der Waals surface area contributed by atoms with E-state index in [2.05, 4.69) is 22.3 Å². The second kappa shape index (κ2) is 5.16. The van der Waals surface area contributed by atoms with Crippen molar-refractivity contribution in [3.8, 4) is 0 Å². The number of nitrogens with one attached hydrogen (secondary N) is 1. The molecule has 0 spiro atoms. The van der Waals surface area contributed by atoms with Crippen LogP contribution in [0.1, 0.15) is 6.42 Å². The number of nitrogens with two attached hydrogens (primary N) is 2. The fourth-order valence-electron chi connectivity index (χ4n) is 2.14. The van der Waals surface area contributed by atoms with Crippen molar-refractivity contribution in [3.63, 3.8) is 0 Å². The van der Waals surface area contributed by atoms with E-state index >= 15 is 0 Å². The number of guanidine groups is 1. The molecule has 1 atom stereocenters. The maximum absolute atomic E-state index is 5.90. The summed E-state index contributed by atoms with van der Waals surface area (Å²) in [6.45, 7) is 2.01. The van der Waals surface area contributed by atoms with E-state index < -0.39 is 0 Å². The Kier molecular flexibility index (Phi) is 3.60. The second-order valence-corrected chi connectivity index (χ2v) is 4.95. The van der Waals surface area contributed by atoms with Crippen molar-refractivity contribution >= 4 is 17.3 Å². The van der Waals surface area contributed by atoms with Crippen LogP contribution in [0.15, 0.2) is 24.3 Å². The van der Waals surface area contributed by atoms with Crippen LogP contribution in [-0.4, -0.2) is 43.8 Å². The average Bonchev–Trinajstić information content (AvgIpc) is 2.78. The average molecular weight is 248 g/mol. The van der Waals surface area contributed by atoms with E-state index in [9.17, 15) is 0 Å². The highest BCUT2D eigenvalue weighted by Crippen LogP contribution is 2.21. The highest BCUT2D eigenvalue weighted by atomic mass is 15.2. The van der Waals surface area contributed by atoms with Crippen LogP contribution in [0.4, 0.5) is 11.4 Å². The summed E-state index contributed by atoms with van der Waals surface area (Å²) < 4.78 is 1.89. The van der Waals surface area contributed by atoms with Crippen LogP contribution >= 0.6 is 0 Å². The Morgan fingerprint density at radius 1 is 1.33 bits per heavy atom. The molecule has 0 aromatic heterocycles. The predicted molar refractivity (Wildman–Crippen MR) is 75.9 cm³/mol. The molecule has 2 rings (SSSR count). The van der Waals surface area contributed by atoms with Crippen molar-refractivity contribution in [2.45, 2.75) is 12.5 Å². The lowest BCUT2D eigenvalue weighted by molar-refractivity contribution is -0.467. The summed E-state index contributed by atoms with van der Waals surface area (Å²) in [6.07, 6.45) is 1.10. The minimum atomic E-state index is 0.407. The molecule has 5 N–H and O–H groups in total. The number of anilines is 2. The summed E-state index contributed by atoms with van der Waals surface area (Å²) >= 11 is 0. The maximum Gasteiger partial charge on any atom is 0.343 e. The van der Waals surface area contributed by atoms with Crippen molar-refractivity contribution in [2.24, 2.45) is 5.73 Å². The molecular weight excluding hydrogens is 226 g/mol. The Bertz CT molecular complexity index is 433. The predicted octanol–water partition coefficient (Wildman–Crippen LogP) is 0.0239. The number of nitrogens with zero attached hydrogens (tertiary/aromatic N) is 2. The zero-order chi connectivity index (χ0) is 13.1. The minimum Gasteiger partial charge on any atom is -0.399 e. The Labute approximate surface area is 108 Å². The molecule has 5 heteroatoms. The van der Waals surface area contributed by atoms with E-state index in [1.54, 1.807) is 0 Å². The molecule has 1 heterocycles. The molecule has 18 heavy (non-hydrogen) atoms. The third-order valence-corrected chi connectivity index (χ3v) is 3.28. The van der Waals surface area contributed by atoms with Crippen LogP contribution in [0.5, 0.6) is 0 Å². The van der Waals surface area contributed by atoms with Crippen molar-refractivity contribution in [3.05, 3.63) is 24.3 Å². The molecule has 1 aromatic carbocycles. The van der Waals surface area contributed by atoms with Gasteiger partial charge in [0.15, 0.2) is 0 Å². The summed E-state index contributed by atoms with van der Waals surface area (Å²) in [7, 11) is 3.88. The molecule has 1 saturated heterocycles.